The molecule has 4 heterocycles. The van der Waals surface area contributed by atoms with Gasteiger partial charge in [-0.2, -0.15) is 19.1 Å². The molecule has 0 amide bonds. The Bertz CT molecular complexity index is 1860. The van der Waals surface area contributed by atoms with Gasteiger partial charge in [-0.3, -0.25) is 10.1 Å². The molecule has 2 fully saturated rings. The van der Waals surface area contributed by atoms with Gasteiger partial charge in [0.2, 0.25) is 16.0 Å². The Morgan fingerprint density at radius 1 is 1.07 bits per heavy atom. The first-order valence-corrected chi connectivity index (χ1v) is 15.1. The molecule has 0 spiro atoms. The molecule has 0 saturated carbocycles. The molecule has 216 valence electrons. The Morgan fingerprint density at radius 3 is 2.40 bits per heavy atom. The zero-order valence-corrected chi connectivity index (χ0v) is 24.4. The van der Waals surface area contributed by atoms with Crippen molar-refractivity contribution in [3.8, 4) is 17.2 Å². The van der Waals surface area contributed by atoms with Crippen molar-refractivity contribution in [1.29, 1.82) is 5.26 Å². The van der Waals surface area contributed by atoms with E-state index in [1.54, 1.807) is 4.52 Å². The number of sulfonamides is 1. The number of fused-ring (bicyclic) bond motifs is 1. The lowest BCUT2D eigenvalue weighted by atomic mass is 9.97. The summed E-state index contributed by atoms with van der Waals surface area (Å²) in [5, 5.41) is 26.7. The summed E-state index contributed by atoms with van der Waals surface area (Å²) in [6, 6.07) is 17.5. The maximum Gasteiger partial charge on any atom is 0.289 e. The Labute approximate surface area is 243 Å². The summed E-state index contributed by atoms with van der Waals surface area (Å²) < 4.78 is 30.5. The van der Waals surface area contributed by atoms with Crippen molar-refractivity contribution >= 4 is 33.1 Å². The summed E-state index contributed by atoms with van der Waals surface area (Å²) in [5.41, 5.74) is 2.04. The van der Waals surface area contributed by atoms with E-state index in [0.29, 0.717) is 36.7 Å². The number of rotatable bonds is 7. The van der Waals surface area contributed by atoms with E-state index in [-0.39, 0.29) is 4.90 Å². The number of hydrogen-bond donors (Lipinski definition) is 0. The van der Waals surface area contributed by atoms with E-state index in [9.17, 15) is 23.8 Å². The van der Waals surface area contributed by atoms with Crippen LogP contribution in [0.15, 0.2) is 59.5 Å². The first-order chi connectivity index (χ1) is 20.1. The van der Waals surface area contributed by atoms with Crippen LogP contribution in [0.2, 0.25) is 0 Å². The van der Waals surface area contributed by atoms with Crippen LogP contribution in [0.1, 0.15) is 30.9 Å². The number of nitro groups is 1. The lowest BCUT2D eigenvalue weighted by Crippen LogP contribution is -2.49. The first kappa shape index (κ1) is 27.6. The number of nitro benzene ring substituents is 1. The molecule has 13 heteroatoms. The number of likely N-dealkylation sites (N-methyl/N-ethyl adjacent to an activating group) is 1. The predicted molar refractivity (Wildman–Crippen MR) is 158 cm³/mol. The predicted octanol–water partition coefficient (Wildman–Crippen LogP) is 3.98. The molecule has 0 aliphatic carbocycles. The number of aromatic nitrogens is 3. The second-order valence-electron chi connectivity index (χ2n) is 11.0. The minimum Gasteiger partial charge on any atom is -0.354 e. The fourth-order valence-corrected chi connectivity index (χ4v) is 7.53. The normalized spacial score (nSPS) is 18.8. The number of nitriles is 1. The number of nitrogens with zero attached hydrogens (tertiary/aromatic N) is 8. The highest BCUT2D eigenvalue weighted by atomic mass is 32.2. The van der Waals surface area contributed by atoms with Gasteiger partial charge in [-0.15, -0.1) is 5.10 Å². The van der Waals surface area contributed by atoms with Gasteiger partial charge in [0.05, 0.1) is 10.5 Å². The van der Waals surface area contributed by atoms with Crippen molar-refractivity contribution in [1.82, 2.24) is 18.9 Å². The Balaban J connectivity index is 1.48. The summed E-state index contributed by atoms with van der Waals surface area (Å²) in [7, 11) is -2.73. The smallest absolute Gasteiger partial charge is 0.289 e. The highest BCUT2D eigenvalue weighted by Gasteiger charge is 2.46. The Kier molecular flexibility index (Phi) is 6.63. The van der Waals surface area contributed by atoms with E-state index in [2.05, 4.69) is 15.9 Å². The molecule has 0 N–H and O–H groups in total. The van der Waals surface area contributed by atoms with Crippen LogP contribution in [0.4, 0.5) is 17.5 Å². The van der Waals surface area contributed by atoms with Gasteiger partial charge in [-0.05, 0) is 43.9 Å². The minimum absolute atomic E-state index is 0.294. The molecule has 2 saturated heterocycles. The molecule has 42 heavy (non-hydrogen) atoms. The molecule has 1 atom stereocenters. The van der Waals surface area contributed by atoms with E-state index in [1.165, 1.54) is 35.6 Å². The van der Waals surface area contributed by atoms with E-state index < -0.39 is 26.2 Å². The van der Waals surface area contributed by atoms with Crippen LogP contribution in [0.5, 0.6) is 0 Å². The second kappa shape index (κ2) is 10.1. The maximum atomic E-state index is 13.8. The average molecular weight is 587 g/mol. The number of hydrogen-bond acceptors (Lipinski definition) is 9. The maximum absolute atomic E-state index is 13.8. The molecule has 2 aromatic carbocycles. The molecule has 0 bridgehead atoms. The highest BCUT2D eigenvalue weighted by molar-refractivity contribution is 7.89. The fraction of sp³-hybridized carbons (Fsp3) is 0.345. The van der Waals surface area contributed by atoms with Gasteiger partial charge < -0.3 is 9.80 Å². The molecular formula is C29H30N8O4S. The van der Waals surface area contributed by atoms with Crippen LogP contribution >= 0.6 is 0 Å². The SMILES string of the molecule is Cc1c(-c2ccccc2)c(N2CC[C@](C)(N(C)S(=O)(=O)c3ccccc3[N+](=O)[O-])C2)n2nc(N3CCC3)nc2c1C#N. The van der Waals surface area contributed by atoms with Gasteiger partial charge in [0, 0.05) is 44.9 Å². The number of pyridine rings is 1. The van der Waals surface area contributed by atoms with Crippen molar-refractivity contribution in [2.45, 2.75) is 37.1 Å². The van der Waals surface area contributed by atoms with Crippen molar-refractivity contribution < 1.29 is 13.3 Å². The lowest BCUT2D eigenvalue weighted by Gasteiger charge is -2.35. The van der Waals surface area contributed by atoms with Crippen molar-refractivity contribution in [2.24, 2.45) is 0 Å². The molecule has 2 aliphatic rings. The van der Waals surface area contributed by atoms with Gasteiger partial charge in [0.25, 0.3) is 5.69 Å². The van der Waals surface area contributed by atoms with Crippen molar-refractivity contribution in [3.05, 3.63) is 75.8 Å². The molecular weight excluding hydrogens is 556 g/mol. The van der Waals surface area contributed by atoms with Crippen LogP contribution < -0.4 is 9.80 Å². The monoisotopic (exact) mass is 586 g/mol. The molecule has 2 aromatic heterocycles. The number of anilines is 2. The summed E-state index contributed by atoms with van der Waals surface area (Å²) in [5.74, 6) is 1.29. The van der Waals surface area contributed by atoms with Crippen molar-refractivity contribution in [2.75, 3.05) is 43.0 Å². The van der Waals surface area contributed by atoms with Gasteiger partial charge in [-0.1, -0.05) is 42.5 Å². The zero-order chi connectivity index (χ0) is 29.8. The van der Waals surface area contributed by atoms with E-state index in [0.717, 1.165) is 42.0 Å². The quantitative estimate of drug-likeness (QED) is 0.232. The zero-order valence-electron chi connectivity index (χ0n) is 23.6. The van der Waals surface area contributed by atoms with Gasteiger partial charge in [0.15, 0.2) is 10.5 Å². The largest absolute Gasteiger partial charge is 0.354 e. The van der Waals surface area contributed by atoms with E-state index in [1.807, 2.05) is 44.2 Å². The topological polar surface area (TPSA) is 141 Å². The molecule has 6 rings (SSSR count). The molecule has 0 radical (unpaired) electrons. The lowest BCUT2D eigenvalue weighted by molar-refractivity contribution is -0.387. The van der Waals surface area contributed by atoms with E-state index in [4.69, 9.17) is 10.1 Å². The standard InChI is InChI=1S/C29H30N8O4S/c1-20-22(18-30)26-31-28(34-15-9-16-34)32-36(26)27(25(20)21-10-5-4-6-11-21)35-17-14-29(2,19-35)33(3)42(40,41)24-13-8-7-12-23(24)37(38)39/h4-8,10-13H,9,14-17,19H2,1-3H3/t29-/m0/s1. The number of benzene rings is 2. The van der Waals surface area contributed by atoms with Gasteiger partial charge in [0.1, 0.15) is 17.5 Å². The summed E-state index contributed by atoms with van der Waals surface area (Å²) in [6.07, 6.45) is 1.51. The van der Waals surface area contributed by atoms with Crippen LogP contribution in [0.3, 0.4) is 0 Å². The highest BCUT2D eigenvalue weighted by Crippen LogP contribution is 2.42. The van der Waals surface area contributed by atoms with E-state index >= 15 is 0 Å². The minimum atomic E-state index is -4.21. The molecule has 2 aliphatic heterocycles. The number of para-hydroxylation sites is 1. The van der Waals surface area contributed by atoms with Crippen LogP contribution in [-0.2, 0) is 10.0 Å². The van der Waals surface area contributed by atoms with Crippen LogP contribution in [0, 0.1) is 28.4 Å². The summed E-state index contributed by atoms with van der Waals surface area (Å²) >= 11 is 0. The first-order valence-electron chi connectivity index (χ1n) is 13.7. The van der Waals surface area contributed by atoms with Gasteiger partial charge in [-0.25, -0.2) is 8.42 Å². The molecule has 4 aromatic rings. The summed E-state index contributed by atoms with van der Waals surface area (Å²) in [6.45, 7) is 6.23. The second-order valence-corrected chi connectivity index (χ2v) is 13.0. The summed E-state index contributed by atoms with van der Waals surface area (Å²) in [4.78, 5) is 19.6. The average Bonchev–Trinajstić information content (AvgIpc) is 3.56. The van der Waals surface area contributed by atoms with Crippen LogP contribution in [-0.4, -0.2) is 71.0 Å². The Morgan fingerprint density at radius 2 is 1.76 bits per heavy atom. The van der Waals surface area contributed by atoms with Crippen LogP contribution in [0.25, 0.3) is 16.8 Å². The van der Waals surface area contributed by atoms with Gasteiger partial charge >= 0.3 is 0 Å². The Hall–Kier alpha value is -4.54. The third-order valence-electron chi connectivity index (χ3n) is 8.52. The fourth-order valence-electron chi connectivity index (χ4n) is 5.85. The molecule has 0 unspecified atom stereocenters. The third kappa shape index (κ3) is 4.26. The molecule has 12 nitrogen and oxygen atoms in total. The third-order valence-corrected chi connectivity index (χ3v) is 10.6. The van der Waals surface area contributed by atoms with Crippen molar-refractivity contribution in [3.63, 3.8) is 0 Å².